The minimum Gasteiger partial charge on any atom is -0.390 e. The Morgan fingerprint density at radius 3 is 2.38 bits per heavy atom. The molecule has 4 bridgehead atoms. The molecular formula is C15H23N3O3. The van der Waals surface area contributed by atoms with Crippen LogP contribution in [0.15, 0.2) is 0 Å². The fourth-order valence-corrected chi connectivity index (χ4v) is 5.44. The molecule has 4 fully saturated rings. The molecule has 0 aromatic rings. The number of aliphatic hydroxyl groups is 2. The van der Waals surface area contributed by atoms with Crippen LogP contribution < -0.4 is 5.73 Å². The summed E-state index contributed by atoms with van der Waals surface area (Å²) in [7, 11) is 1.56. The van der Waals surface area contributed by atoms with Gasteiger partial charge >= 0.3 is 0 Å². The Hall–Kier alpha value is -1.16. The summed E-state index contributed by atoms with van der Waals surface area (Å²) in [6, 6.07) is 1.18. The Kier molecular flexibility index (Phi) is 3.11. The maximum Gasteiger partial charge on any atom is 0.240 e. The van der Waals surface area contributed by atoms with Gasteiger partial charge in [0.15, 0.2) is 0 Å². The van der Waals surface area contributed by atoms with E-state index in [0.717, 1.165) is 6.42 Å². The lowest BCUT2D eigenvalue weighted by Crippen LogP contribution is -2.69. The van der Waals surface area contributed by atoms with Crippen LogP contribution >= 0.6 is 0 Å². The van der Waals surface area contributed by atoms with Gasteiger partial charge in [0.25, 0.3) is 0 Å². The highest BCUT2D eigenvalue weighted by atomic mass is 16.3. The van der Waals surface area contributed by atoms with Gasteiger partial charge in [0.1, 0.15) is 6.54 Å². The van der Waals surface area contributed by atoms with E-state index in [0.29, 0.717) is 32.1 Å². The molecule has 4 rings (SSSR count). The minimum atomic E-state index is -0.889. The second kappa shape index (κ2) is 4.42. The van der Waals surface area contributed by atoms with Crippen molar-refractivity contribution in [1.29, 1.82) is 5.26 Å². The van der Waals surface area contributed by atoms with Crippen LogP contribution in [0.1, 0.15) is 38.5 Å². The molecule has 4 aliphatic rings. The molecule has 4 aliphatic carbocycles. The number of amides is 1. The fraction of sp³-hybridized carbons (Fsp3) is 0.867. The number of carbonyl (C=O) groups excluding carboxylic acids is 1. The summed E-state index contributed by atoms with van der Waals surface area (Å²) in [6.07, 6.45) is 3.54. The number of hydrogen-bond donors (Lipinski definition) is 3. The van der Waals surface area contributed by atoms with E-state index in [4.69, 9.17) is 11.0 Å². The molecule has 0 aromatic heterocycles. The van der Waals surface area contributed by atoms with E-state index in [9.17, 15) is 15.0 Å². The first kappa shape index (κ1) is 14.8. The van der Waals surface area contributed by atoms with E-state index < -0.39 is 22.7 Å². The van der Waals surface area contributed by atoms with Crippen molar-refractivity contribution in [1.82, 2.24) is 4.90 Å². The minimum absolute atomic E-state index is 0.000573. The number of likely N-dealkylation sites (N-methyl/N-ethyl adjacent to an activating group) is 1. The zero-order valence-corrected chi connectivity index (χ0v) is 12.4. The van der Waals surface area contributed by atoms with Crippen molar-refractivity contribution in [2.75, 3.05) is 13.6 Å². The Morgan fingerprint density at radius 2 is 1.90 bits per heavy atom. The van der Waals surface area contributed by atoms with Crippen LogP contribution in [0.4, 0.5) is 0 Å². The molecule has 21 heavy (non-hydrogen) atoms. The second-order valence-corrected chi connectivity index (χ2v) is 7.65. The van der Waals surface area contributed by atoms with Crippen LogP contribution in [-0.4, -0.2) is 51.9 Å². The van der Waals surface area contributed by atoms with Crippen LogP contribution in [0.25, 0.3) is 0 Å². The summed E-state index contributed by atoms with van der Waals surface area (Å²) in [5, 5.41) is 30.1. The maximum atomic E-state index is 12.4. The largest absolute Gasteiger partial charge is 0.390 e. The fourth-order valence-electron chi connectivity index (χ4n) is 5.44. The van der Waals surface area contributed by atoms with Crippen LogP contribution in [0.5, 0.6) is 0 Å². The van der Waals surface area contributed by atoms with Gasteiger partial charge in [-0.15, -0.1) is 0 Å². The second-order valence-electron chi connectivity index (χ2n) is 7.65. The lowest BCUT2D eigenvalue weighted by molar-refractivity contribution is -0.234. The molecule has 116 valence electrons. The Bertz CT molecular complexity index is 497. The van der Waals surface area contributed by atoms with Crippen molar-refractivity contribution in [3.63, 3.8) is 0 Å². The number of rotatable bonds is 3. The van der Waals surface area contributed by atoms with Crippen molar-refractivity contribution >= 4 is 5.91 Å². The van der Waals surface area contributed by atoms with Crippen molar-refractivity contribution in [3.05, 3.63) is 0 Å². The Balaban J connectivity index is 1.87. The highest BCUT2D eigenvalue weighted by molar-refractivity contribution is 5.82. The molecule has 0 radical (unpaired) electrons. The van der Waals surface area contributed by atoms with Crippen LogP contribution in [0.2, 0.25) is 0 Å². The van der Waals surface area contributed by atoms with Gasteiger partial charge in [-0.25, -0.2) is 0 Å². The molecule has 0 spiro atoms. The Labute approximate surface area is 124 Å². The number of nitrogens with zero attached hydrogens (tertiary/aromatic N) is 2. The third-order valence-electron chi connectivity index (χ3n) is 5.66. The molecule has 0 aliphatic heterocycles. The standard InChI is InChI=1S/C15H23N3O3/c1-18(3-2-16)12(19)11(17)13-4-10-5-14(20,7-13)9-15(21,6-10)8-13/h10-11,20-21H,3-9,17H2,1H3/t10?,11-,13?,14?,15?/m1/s1. The van der Waals surface area contributed by atoms with Crippen molar-refractivity contribution < 1.29 is 15.0 Å². The molecule has 3 atom stereocenters. The van der Waals surface area contributed by atoms with Crippen molar-refractivity contribution in [3.8, 4) is 6.07 Å². The summed E-state index contributed by atoms with van der Waals surface area (Å²) < 4.78 is 0. The molecule has 4 N–H and O–H groups in total. The topological polar surface area (TPSA) is 111 Å². The van der Waals surface area contributed by atoms with E-state index in [-0.39, 0.29) is 18.4 Å². The highest BCUT2D eigenvalue weighted by Crippen LogP contribution is 2.64. The molecule has 0 heterocycles. The molecule has 6 nitrogen and oxygen atoms in total. The first-order valence-electron chi connectivity index (χ1n) is 7.53. The van der Waals surface area contributed by atoms with Gasteiger partial charge in [-0.3, -0.25) is 4.79 Å². The monoisotopic (exact) mass is 293 g/mol. The maximum absolute atomic E-state index is 12.4. The first-order valence-corrected chi connectivity index (χ1v) is 7.53. The summed E-state index contributed by atoms with van der Waals surface area (Å²) >= 11 is 0. The predicted octanol–water partition coefficient (Wildman–Crippen LogP) is -0.258. The Morgan fingerprint density at radius 1 is 1.33 bits per heavy atom. The number of hydrogen-bond acceptors (Lipinski definition) is 5. The van der Waals surface area contributed by atoms with Crippen molar-refractivity contribution in [2.45, 2.75) is 55.8 Å². The normalized spacial score (nSPS) is 45.2. The summed E-state index contributed by atoms with van der Waals surface area (Å²) in [5.41, 5.74) is 3.93. The summed E-state index contributed by atoms with van der Waals surface area (Å²) in [6.45, 7) is 0.000573. The molecule has 1 amide bonds. The van der Waals surface area contributed by atoms with E-state index in [2.05, 4.69) is 0 Å². The zero-order valence-electron chi connectivity index (χ0n) is 12.4. The molecular weight excluding hydrogens is 270 g/mol. The molecule has 4 saturated carbocycles. The van der Waals surface area contributed by atoms with E-state index in [1.807, 2.05) is 6.07 Å². The smallest absolute Gasteiger partial charge is 0.240 e. The average molecular weight is 293 g/mol. The average Bonchev–Trinajstić information content (AvgIpc) is 2.32. The SMILES string of the molecule is CN(CC#N)C(=O)[C@@H](N)C12CC3CC(O)(CC(O)(C3)C1)C2. The van der Waals surface area contributed by atoms with E-state index in [1.54, 1.807) is 7.05 Å². The van der Waals surface area contributed by atoms with Gasteiger partial charge in [-0.2, -0.15) is 5.26 Å². The van der Waals surface area contributed by atoms with Gasteiger partial charge in [0.05, 0.1) is 23.3 Å². The molecule has 0 saturated heterocycles. The van der Waals surface area contributed by atoms with E-state index in [1.165, 1.54) is 4.90 Å². The summed E-state index contributed by atoms with van der Waals surface area (Å²) in [5.74, 6) is -0.0397. The van der Waals surface area contributed by atoms with Gasteiger partial charge in [0, 0.05) is 18.9 Å². The number of carbonyl (C=O) groups is 1. The highest BCUT2D eigenvalue weighted by Gasteiger charge is 2.65. The van der Waals surface area contributed by atoms with Gasteiger partial charge in [0.2, 0.25) is 5.91 Å². The third kappa shape index (κ3) is 2.24. The lowest BCUT2D eigenvalue weighted by atomic mass is 9.44. The quantitative estimate of drug-likeness (QED) is 0.621. The van der Waals surface area contributed by atoms with Crippen LogP contribution in [-0.2, 0) is 4.79 Å². The molecule has 0 aromatic carbocycles. The van der Waals surface area contributed by atoms with Crippen LogP contribution in [0.3, 0.4) is 0 Å². The molecule has 2 unspecified atom stereocenters. The lowest BCUT2D eigenvalue weighted by Gasteiger charge is -2.64. The van der Waals surface area contributed by atoms with Gasteiger partial charge in [-0.1, -0.05) is 0 Å². The summed E-state index contributed by atoms with van der Waals surface area (Å²) in [4.78, 5) is 13.8. The first-order chi connectivity index (χ1) is 9.71. The van der Waals surface area contributed by atoms with Gasteiger partial charge < -0.3 is 20.8 Å². The van der Waals surface area contributed by atoms with Crippen LogP contribution in [0, 0.1) is 22.7 Å². The number of nitriles is 1. The van der Waals surface area contributed by atoms with Crippen molar-refractivity contribution in [2.24, 2.45) is 17.1 Å². The van der Waals surface area contributed by atoms with Gasteiger partial charge in [-0.05, 0) is 38.0 Å². The number of nitrogens with two attached hydrogens (primary N) is 1. The third-order valence-corrected chi connectivity index (χ3v) is 5.66. The zero-order chi connectivity index (χ0) is 15.5. The van der Waals surface area contributed by atoms with E-state index >= 15 is 0 Å². The molecule has 6 heteroatoms. The predicted molar refractivity (Wildman–Crippen MR) is 74.8 cm³/mol.